The molecule has 2 aromatic heterocycles. The maximum atomic E-state index is 11.3. The number of hydrogen-bond acceptors (Lipinski definition) is 5. The zero-order valence-corrected chi connectivity index (χ0v) is 13.5. The second-order valence-electron chi connectivity index (χ2n) is 4.93. The predicted octanol–water partition coefficient (Wildman–Crippen LogP) is 2.75. The van der Waals surface area contributed by atoms with Crippen LogP contribution >= 0.6 is 22.7 Å². The SMILES string of the molecule is CCn1cc(C(=O)O)sc1=Nc1sc(C(=O)O)c2c1CCC2. The Hall–Kier alpha value is -1.93. The molecule has 6 nitrogen and oxygen atoms in total. The summed E-state index contributed by atoms with van der Waals surface area (Å²) >= 11 is 2.29. The van der Waals surface area contributed by atoms with Crippen molar-refractivity contribution in [3.63, 3.8) is 0 Å². The number of thiophene rings is 1. The van der Waals surface area contributed by atoms with Crippen molar-refractivity contribution < 1.29 is 19.8 Å². The molecule has 1 aliphatic rings. The summed E-state index contributed by atoms with van der Waals surface area (Å²) in [6.07, 6.45) is 4.13. The molecule has 3 rings (SSSR count). The lowest BCUT2D eigenvalue weighted by atomic mass is 10.2. The largest absolute Gasteiger partial charge is 0.477 e. The summed E-state index contributed by atoms with van der Waals surface area (Å²) in [6, 6.07) is 0. The summed E-state index contributed by atoms with van der Waals surface area (Å²) in [4.78, 5) is 28.2. The number of hydrogen-bond donors (Lipinski definition) is 2. The van der Waals surface area contributed by atoms with E-state index < -0.39 is 11.9 Å². The van der Waals surface area contributed by atoms with E-state index in [1.54, 1.807) is 10.8 Å². The highest BCUT2D eigenvalue weighted by Gasteiger charge is 2.25. The minimum atomic E-state index is -0.976. The van der Waals surface area contributed by atoms with Gasteiger partial charge in [0.1, 0.15) is 14.8 Å². The number of carboxylic acid groups (broad SMARTS) is 2. The van der Waals surface area contributed by atoms with E-state index in [4.69, 9.17) is 5.11 Å². The van der Waals surface area contributed by atoms with E-state index in [-0.39, 0.29) is 4.88 Å². The van der Waals surface area contributed by atoms with E-state index in [2.05, 4.69) is 4.99 Å². The minimum Gasteiger partial charge on any atom is -0.477 e. The lowest BCUT2D eigenvalue weighted by Crippen LogP contribution is -2.11. The molecule has 116 valence electrons. The third-order valence-corrected chi connectivity index (χ3v) is 5.78. The Morgan fingerprint density at radius 1 is 1.23 bits per heavy atom. The maximum Gasteiger partial charge on any atom is 0.347 e. The number of carboxylic acids is 2. The molecule has 0 amide bonds. The van der Waals surface area contributed by atoms with E-state index in [1.807, 2.05) is 6.92 Å². The van der Waals surface area contributed by atoms with Crippen LogP contribution in [0, 0.1) is 0 Å². The molecule has 0 radical (unpaired) electrons. The molecule has 0 saturated carbocycles. The minimum absolute atomic E-state index is 0.229. The average Bonchev–Trinajstić information content (AvgIpc) is 3.14. The summed E-state index contributed by atoms with van der Waals surface area (Å²) in [6.45, 7) is 2.53. The fraction of sp³-hybridized carbons (Fsp3) is 0.357. The molecule has 0 aromatic carbocycles. The second kappa shape index (κ2) is 5.69. The van der Waals surface area contributed by atoms with Crippen molar-refractivity contribution in [1.82, 2.24) is 4.57 Å². The van der Waals surface area contributed by atoms with Crippen LogP contribution in [-0.4, -0.2) is 26.7 Å². The third kappa shape index (κ3) is 2.48. The molecule has 0 aliphatic heterocycles. The highest BCUT2D eigenvalue weighted by molar-refractivity contribution is 7.18. The topological polar surface area (TPSA) is 91.9 Å². The first kappa shape index (κ1) is 15.0. The van der Waals surface area contributed by atoms with Gasteiger partial charge < -0.3 is 14.8 Å². The molecule has 2 heterocycles. The molecule has 22 heavy (non-hydrogen) atoms. The van der Waals surface area contributed by atoms with Crippen LogP contribution in [0.1, 0.15) is 43.8 Å². The van der Waals surface area contributed by atoms with Crippen LogP contribution in [0.2, 0.25) is 0 Å². The quantitative estimate of drug-likeness (QED) is 0.896. The van der Waals surface area contributed by atoms with Crippen molar-refractivity contribution in [1.29, 1.82) is 0 Å². The monoisotopic (exact) mass is 338 g/mol. The number of fused-ring (bicyclic) bond motifs is 1. The average molecular weight is 338 g/mol. The molecule has 0 spiro atoms. The Kier molecular flexibility index (Phi) is 3.88. The molecule has 0 bridgehead atoms. The van der Waals surface area contributed by atoms with Gasteiger partial charge in [0.05, 0.1) is 0 Å². The van der Waals surface area contributed by atoms with Crippen molar-refractivity contribution in [2.24, 2.45) is 4.99 Å². The Bertz CT molecular complexity index is 829. The molecule has 8 heteroatoms. The first-order chi connectivity index (χ1) is 10.5. The molecule has 2 N–H and O–H groups in total. The van der Waals surface area contributed by atoms with Crippen LogP contribution in [0.4, 0.5) is 5.00 Å². The molecule has 0 fully saturated rings. The van der Waals surface area contributed by atoms with Crippen LogP contribution in [0.15, 0.2) is 11.2 Å². The fourth-order valence-corrected chi connectivity index (χ4v) is 4.66. The van der Waals surface area contributed by atoms with Crippen molar-refractivity contribution in [3.8, 4) is 0 Å². The molecule has 0 atom stereocenters. The zero-order chi connectivity index (χ0) is 15.9. The number of rotatable bonds is 4. The van der Waals surface area contributed by atoms with Crippen LogP contribution in [0.3, 0.4) is 0 Å². The second-order valence-corrected chi connectivity index (χ2v) is 6.94. The smallest absolute Gasteiger partial charge is 0.347 e. The first-order valence-electron chi connectivity index (χ1n) is 6.87. The molecular formula is C14H14N2O4S2. The highest BCUT2D eigenvalue weighted by Crippen LogP contribution is 2.40. The number of thiazole rings is 1. The maximum absolute atomic E-state index is 11.3. The van der Waals surface area contributed by atoms with Gasteiger partial charge >= 0.3 is 11.9 Å². The zero-order valence-electron chi connectivity index (χ0n) is 11.8. The summed E-state index contributed by atoms with van der Waals surface area (Å²) in [5.74, 6) is -1.89. The fourth-order valence-electron chi connectivity index (χ4n) is 2.59. The van der Waals surface area contributed by atoms with Crippen molar-refractivity contribution >= 4 is 39.6 Å². The Morgan fingerprint density at radius 3 is 2.59 bits per heavy atom. The molecule has 2 aromatic rings. The molecule has 1 aliphatic carbocycles. The Morgan fingerprint density at radius 2 is 1.95 bits per heavy atom. The Balaban J connectivity index is 2.15. The van der Waals surface area contributed by atoms with Crippen molar-refractivity contribution in [2.45, 2.75) is 32.7 Å². The van der Waals surface area contributed by atoms with Gasteiger partial charge in [-0.15, -0.1) is 11.3 Å². The Labute approximate surface area is 134 Å². The van der Waals surface area contributed by atoms with Gasteiger partial charge in [-0.2, -0.15) is 0 Å². The van der Waals surface area contributed by atoms with Crippen LogP contribution in [-0.2, 0) is 19.4 Å². The highest BCUT2D eigenvalue weighted by atomic mass is 32.1. The number of nitrogens with zero attached hydrogens (tertiary/aromatic N) is 2. The van der Waals surface area contributed by atoms with Crippen molar-refractivity contribution in [2.75, 3.05) is 0 Å². The van der Waals surface area contributed by atoms with Gasteiger partial charge in [0.15, 0.2) is 4.80 Å². The normalized spacial score (nSPS) is 14.3. The van der Waals surface area contributed by atoms with E-state index in [9.17, 15) is 14.7 Å². The van der Waals surface area contributed by atoms with Gasteiger partial charge in [0.25, 0.3) is 0 Å². The summed E-state index contributed by atoms with van der Waals surface area (Å²) < 4.78 is 1.77. The summed E-state index contributed by atoms with van der Waals surface area (Å²) in [5, 5.41) is 19.1. The number of aromatic nitrogens is 1. The van der Waals surface area contributed by atoms with E-state index in [0.717, 1.165) is 41.7 Å². The molecule has 0 unspecified atom stereocenters. The number of aryl methyl sites for hydroxylation is 1. The summed E-state index contributed by atoms with van der Waals surface area (Å²) in [7, 11) is 0. The van der Waals surface area contributed by atoms with E-state index >= 15 is 0 Å². The third-order valence-electron chi connectivity index (χ3n) is 3.61. The van der Waals surface area contributed by atoms with Gasteiger partial charge in [-0.3, -0.25) is 0 Å². The van der Waals surface area contributed by atoms with Crippen molar-refractivity contribution in [3.05, 3.63) is 31.9 Å². The molecular weight excluding hydrogens is 324 g/mol. The summed E-state index contributed by atoms with van der Waals surface area (Å²) in [5.41, 5.74) is 1.91. The van der Waals surface area contributed by atoms with E-state index in [1.165, 1.54) is 11.3 Å². The number of aromatic carboxylic acids is 2. The van der Waals surface area contributed by atoms with E-state index in [0.29, 0.717) is 21.2 Å². The van der Waals surface area contributed by atoms with Gasteiger partial charge in [0.2, 0.25) is 0 Å². The number of carbonyl (C=O) groups is 2. The van der Waals surface area contributed by atoms with Crippen LogP contribution < -0.4 is 4.80 Å². The lowest BCUT2D eigenvalue weighted by Gasteiger charge is -1.96. The predicted molar refractivity (Wildman–Crippen MR) is 83.5 cm³/mol. The van der Waals surface area contributed by atoms with Gasteiger partial charge in [-0.25, -0.2) is 14.6 Å². The van der Waals surface area contributed by atoms with Gasteiger partial charge in [-0.05, 0) is 37.3 Å². The van der Waals surface area contributed by atoms with Gasteiger partial charge in [-0.1, -0.05) is 11.3 Å². The van der Waals surface area contributed by atoms with Gasteiger partial charge in [0, 0.05) is 12.7 Å². The standard InChI is InChI=1S/C14H14N2O4S2/c1-2-16-6-9(12(17)18)21-14(16)15-11-8-5-3-4-7(8)10(22-11)13(19)20/h6H,2-5H2,1H3,(H,17,18)(H,19,20). The molecule has 0 saturated heterocycles. The van der Waals surface area contributed by atoms with Crippen LogP contribution in [0.5, 0.6) is 0 Å². The lowest BCUT2D eigenvalue weighted by molar-refractivity contribution is 0.0690. The van der Waals surface area contributed by atoms with Crippen LogP contribution in [0.25, 0.3) is 0 Å². The first-order valence-corrected chi connectivity index (χ1v) is 8.50.